The molecule has 1 fully saturated rings. The molecule has 0 radical (unpaired) electrons. The fourth-order valence-corrected chi connectivity index (χ4v) is 2.94. The molecule has 0 amide bonds. The summed E-state index contributed by atoms with van der Waals surface area (Å²) in [6.07, 6.45) is -4.76. The first-order valence-corrected chi connectivity index (χ1v) is 7.67. The van der Waals surface area contributed by atoms with E-state index in [2.05, 4.69) is 15.9 Å². The predicted molar refractivity (Wildman–Crippen MR) is 87.6 cm³/mol. The largest absolute Gasteiger partial charge is 0.426 e. The van der Waals surface area contributed by atoms with Crippen LogP contribution in [0, 0.1) is 22.7 Å². The van der Waals surface area contributed by atoms with E-state index in [4.69, 9.17) is 5.26 Å². The lowest BCUT2D eigenvalue weighted by atomic mass is 10.1. The van der Waals surface area contributed by atoms with Crippen molar-refractivity contribution in [2.24, 2.45) is 0 Å². The van der Waals surface area contributed by atoms with Crippen LogP contribution in [0.5, 0.6) is 0 Å². The maximum atomic E-state index is 13.0. The third-order valence-electron chi connectivity index (χ3n) is 2.95. The molecular formula is C15H5BrF3IN2. The van der Waals surface area contributed by atoms with Crippen LogP contribution in [0.4, 0.5) is 13.2 Å². The first kappa shape index (κ1) is 16.8. The average Bonchev–Trinajstić information content (AvgIpc) is 3.15. The Morgan fingerprint density at radius 1 is 1.00 bits per heavy atom. The molecule has 1 aromatic rings. The minimum atomic E-state index is -4.76. The summed E-state index contributed by atoms with van der Waals surface area (Å²) in [5.41, 5.74) is -0.432. The fraction of sp³-hybridized carbons (Fsp3) is 0.0667. The number of hydrogen-bond acceptors (Lipinski definition) is 2. The van der Waals surface area contributed by atoms with Gasteiger partial charge in [-0.3, -0.25) is 0 Å². The van der Waals surface area contributed by atoms with Crippen molar-refractivity contribution in [2.45, 2.75) is 6.18 Å². The molecule has 2 rings (SSSR count). The molecule has 0 saturated heterocycles. The average molecular weight is 477 g/mol. The number of halogens is 5. The number of allylic oxidation sites excluding steroid dienone is 5. The zero-order valence-corrected chi connectivity index (χ0v) is 14.4. The molecule has 0 spiro atoms. The van der Waals surface area contributed by atoms with Crippen LogP contribution >= 0.6 is 38.5 Å². The van der Waals surface area contributed by atoms with E-state index in [1.165, 1.54) is 6.07 Å². The van der Waals surface area contributed by atoms with Crippen LogP contribution in [0.2, 0.25) is 0 Å². The molecule has 110 valence electrons. The van der Waals surface area contributed by atoms with Crippen molar-refractivity contribution >= 4 is 44.1 Å². The molecular weight excluding hydrogens is 472 g/mol. The number of rotatable bonds is 1. The van der Waals surface area contributed by atoms with Crippen molar-refractivity contribution in [1.29, 1.82) is 10.5 Å². The van der Waals surface area contributed by atoms with Gasteiger partial charge in [0, 0.05) is 16.7 Å². The monoisotopic (exact) mass is 476 g/mol. The van der Waals surface area contributed by atoms with Crippen LogP contribution in [0.15, 0.2) is 55.1 Å². The minimum absolute atomic E-state index is 0.121. The molecule has 2 nitrogen and oxygen atoms in total. The van der Waals surface area contributed by atoms with Gasteiger partial charge in [0.1, 0.15) is 17.7 Å². The van der Waals surface area contributed by atoms with E-state index in [0.29, 0.717) is 8.05 Å². The van der Waals surface area contributed by atoms with Crippen LogP contribution in [0.25, 0.3) is 5.57 Å². The molecule has 0 bridgehead atoms. The van der Waals surface area contributed by atoms with Crippen molar-refractivity contribution in [1.82, 2.24) is 0 Å². The molecule has 1 aliphatic rings. The van der Waals surface area contributed by atoms with Crippen LogP contribution in [0.1, 0.15) is 5.56 Å². The van der Waals surface area contributed by atoms with Gasteiger partial charge in [0.25, 0.3) is 0 Å². The molecule has 7 heteroatoms. The van der Waals surface area contributed by atoms with Crippen LogP contribution in [-0.4, -0.2) is 6.18 Å². The lowest BCUT2D eigenvalue weighted by molar-refractivity contribution is -0.0875. The Balaban J connectivity index is 2.79. The third-order valence-corrected chi connectivity index (χ3v) is 3.88. The van der Waals surface area contributed by atoms with E-state index in [9.17, 15) is 18.4 Å². The SMILES string of the molecule is N#C/C(=C1/C(=C(Br)I)/C1=C(/C#N)c1ccccc1)C(F)(F)F. The maximum absolute atomic E-state index is 13.0. The summed E-state index contributed by atoms with van der Waals surface area (Å²) in [7, 11) is 0. The predicted octanol–water partition coefficient (Wildman–Crippen LogP) is 5.40. The van der Waals surface area contributed by atoms with Crippen molar-refractivity contribution < 1.29 is 13.2 Å². The Kier molecular flexibility index (Phi) is 4.78. The van der Waals surface area contributed by atoms with Crippen LogP contribution < -0.4 is 0 Å². The smallest absolute Gasteiger partial charge is 0.192 e. The highest BCUT2D eigenvalue weighted by Crippen LogP contribution is 2.56. The van der Waals surface area contributed by atoms with Gasteiger partial charge in [-0.05, 0) is 44.1 Å². The van der Waals surface area contributed by atoms with E-state index < -0.39 is 11.7 Å². The number of nitrogens with zero attached hydrogens (tertiary/aromatic N) is 2. The molecule has 1 aliphatic carbocycles. The second-order valence-corrected chi connectivity index (χ2v) is 7.58. The molecule has 1 saturated carbocycles. The topological polar surface area (TPSA) is 47.6 Å². The van der Waals surface area contributed by atoms with Crippen molar-refractivity contribution in [3.8, 4) is 12.1 Å². The Hall–Kier alpha value is -1.58. The maximum Gasteiger partial charge on any atom is 0.426 e. The molecule has 0 aliphatic heterocycles. The van der Waals surface area contributed by atoms with Gasteiger partial charge in [-0.2, -0.15) is 23.7 Å². The summed E-state index contributed by atoms with van der Waals surface area (Å²) in [6, 6.07) is 11.5. The summed E-state index contributed by atoms with van der Waals surface area (Å²) in [5, 5.41) is 18.2. The summed E-state index contributed by atoms with van der Waals surface area (Å²) in [4.78, 5) is 0. The Bertz CT molecular complexity index is 802. The van der Waals surface area contributed by atoms with Gasteiger partial charge in [0.2, 0.25) is 0 Å². The van der Waals surface area contributed by atoms with E-state index in [1.807, 2.05) is 28.7 Å². The zero-order chi connectivity index (χ0) is 16.5. The van der Waals surface area contributed by atoms with Crippen LogP contribution in [0.3, 0.4) is 0 Å². The molecule has 22 heavy (non-hydrogen) atoms. The molecule has 0 aromatic heterocycles. The second-order valence-electron chi connectivity index (χ2n) is 4.22. The van der Waals surface area contributed by atoms with E-state index in [1.54, 1.807) is 30.3 Å². The highest BCUT2D eigenvalue weighted by molar-refractivity contribution is 14.1. The quantitative estimate of drug-likeness (QED) is 0.402. The van der Waals surface area contributed by atoms with Gasteiger partial charge in [0.05, 0.1) is 8.06 Å². The highest BCUT2D eigenvalue weighted by atomic mass is 127. The Morgan fingerprint density at radius 3 is 2.00 bits per heavy atom. The summed E-state index contributed by atoms with van der Waals surface area (Å²) >= 11 is 4.94. The number of alkyl halides is 3. The number of benzene rings is 1. The third kappa shape index (κ3) is 3.11. The summed E-state index contributed by atoms with van der Waals surface area (Å²) < 4.78 is 39.3. The van der Waals surface area contributed by atoms with E-state index >= 15 is 0 Å². The zero-order valence-electron chi connectivity index (χ0n) is 10.7. The molecule has 0 N–H and O–H groups in total. The van der Waals surface area contributed by atoms with Crippen LogP contribution in [-0.2, 0) is 0 Å². The lowest BCUT2D eigenvalue weighted by Crippen LogP contribution is -2.10. The normalized spacial score (nSPS) is 20.7. The summed E-state index contributed by atoms with van der Waals surface area (Å²) in [5.74, 6) is 0. The van der Waals surface area contributed by atoms with Gasteiger partial charge in [0.15, 0.2) is 0 Å². The van der Waals surface area contributed by atoms with E-state index in [-0.39, 0.29) is 22.3 Å². The molecule has 1 aromatic carbocycles. The Morgan fingerprint density at radius 2 is 1.59 bits per heavy atom. The fourth-order valence-electron chi connectivity index (χ4n) is 2.01. The second kappa shape index (κ2) is 6.27. The first-order chi connectivity index (χ1) is 10.3. The summed E-state index contributed by atoms with van der Waals surface area (Å²) in [6.45, 7) is 0. The van der Waals surface area contributed by atoms with E-state index in [0.717, 1.165) is 0 Å². The minimum Gasteiger partial charge on any atom is -0.192 e. The van der Waals surface area contributed by atoms with Gasteiger partial charge < -0.3 is 0 Å². The lowest BCUT2D eigenvalue weighted by Gasteiger charge is -2.01. The first-order valence-electron chi connectivity index (χ1n) is 5.80. The standard InChI is InChI=1S/C15H5BrF3IN2/c16-14(20)13-11(12(13)10(7-22)15(17,18)19)9(6-21)8-4-2-1-3-5-8/h1-5H/b11-9-,12-10-,14-13?. The highest BCUT2D eigenvalue weighted by Gasteiger charge is 2.47. The van der Waals surface area contributed by atoms with Crippen molar-refractivity contribution in [3.05, 3.63) is 60.7 Å². The molecule has 0 atom stereocenters. The Labute approximate surface area is 146 Å². The molecule has 0 unspecified atom stereocenters. The van der Waals surface area contributed by atoms with Crippen molar-refractivity contribution in [3.63, 3.8) is 0 Å². The van der Waals surface area contributed by atoms with Gasteiger partial charge >= 0.3 is 6.18 Å². The van der Waals surface area contributed by atoms with Gasteiger partial charge in [-0.15, -0.1) is 0 Å². The van der Waals surface area contributed by atoms with Gasteiger partial charge in [-0.1, -0.05) is 30.3 Å². The van der Waals surface area contributed by atoms with Gasteiger partial charge in [-0.25, -0.2) is 0 Å². The number of nitriles is 2. The van der Waals surface area contributed by atoms with Crippen molar-refractivity contribution in [2.75, 3.05) is 0 Å². The number of hydrogen-bond donors (Lipinski definition) is 0. The molecule has 0 heterocycles.